The third-order valence-corrected chi connectivity index (χ3v) is 6.86. The Hall–Kier alpha value is -3.22. The Bertz CT molecular complexity index is 1130. The van der Waals surface area contributed by atoms with Crippen LogP contribution in [0.2, 0.25) is 0 Å². The number of nitrogens with zero attached hydrogens (tertiary/aromatic N) is 5. The average Bonchev–Trinajstić information content (AvgIpc) is 3.42. The molecule has 1 aromatic carbocycles. The smallest absolute Gasteiger partial charge is 0.228 e. The molecule has 0 spiro atoms. The van der Waals surface area contributed by atoms with Crippen molar-refractivity contribution >= 4 is 23.1 Å². The number of hydrogen-bond acceptors (Lipinski definition) is 4. The monoisotopic (exact) mass is 431 g/mol. The first-order chi connectivity index (χ1) is 15.5. The first-order valence-corrected chi connectivity index (χ1v) is 11.5. The number of carbonyl (C=O) groups is 2. The Labute approximate surface area is 188 Å². The number of anilines is 1. The molecule has 1 unspecified atom stereocenters. The van der Waals surface area contributed by atoms with Gasteiger partial charge in [-0.2, -0.15) is 0 Å². The number of aromatic nitrogens is 3. The van der Waals surface area contributed by atoms with Gasteiger partial charge in [0, 0.05) is 43.9 Å². The highest BCUT2D eigenvalue weighted by Gasteiger charge is 2.38. The van der Waals surface area contributed by atoms with E-state index in [0.717, 1.165) is 30.0 Å². The molecule has 166 valence electrons. The minimum atomic E-state index is -0.266. The number of hydrogen-bond donors (Lipinski definition) is 0. The molecule has 2 aliphatic rings. The van der Waals surface area contributed by atoms with Gasteiger partial charge in [0.15, 0.2) is 5.65 Å². The van der Waals surface area contributed by atoms with Crippen molar-refractivity contribution in [1.82, 2.24) is 19.5 Å². The maximum absolute atomic E-state index is 13.2. The van der Waals surface area contributed by atoms with E-state index < -0.39 is 0 Å². The normalized spacial score (nSPS) is 20.0. The lowest BCUT2D eigenvalue weighted by Gasteiger charge is -2.32. The first kappa shape index (κ1) is 20.7. The second-order valence-electron chi connectivity index (χ2n) is 9.24. The minimum Gasteiger partial charge on any atom is -0.342 e. The van der Waals surface area contributed by atoms with Crippen molar-refractivity contribution in [1.29, 1.82) is 0 Å². The van der Waals surface area contributed by atoms with Crippen molar-refractivity contribution in [3.05, 3.63) is 60.0 Å². The Balaban J connectivity index is 1.21. The predicted octanol–water partition coefficient (Wildman–Crippen LogP) is 3.61. The Kier molecular flexibility index (Phi) is 5.41. The van der Waals surface area contributed by atoms with Crippen molar-refractivity contribution in [2.75, 3.05) is 24.5 Å². The number of piperidine rings is 1. The number of carbonyl (C=O) groups excluding carboxylic acids is 2. The molecule has 7 nitrogen and oxygen atoms in total. The van der Waals surface area contributed by atoms with E-state index >= 15 is 0 Å². The van der Waals surface area contributed by atoms with E-state index in [1.807, 2.05) is 45.8 Å². The Morgan fingerprint density at radius 3 is 2.50 bits per heavy atom. The molecule has 1 atom stereocenters. The van der Waals surface area contributed by atoms with Crippen LogP contribution in [0.1, 0.15) is 56.3 Å². The topological polar surface area (TPSA) is 70.8 Å². The van der Waals surface area contributed by atoms with Gasteiger partial charge in [-0.15, -0.1) is 10.2 Å². The van der Waals surface area contributed by atoms with E-state index in [2.05, 4.69) is 36.2 Å². The SMILES string of the molecule is CC(C)c1ccc(N2CC(C(=O)N3CCC(c4nnc5ccccn45)CC3)CC2=O)cc1. The van der Waals surface area contributed by atoms with Crippen LogP contribution in [0.5, 0.6) is 0 Å². The van der Waals surface area contributed by atoms with Crippen molar-refractivity contribution in [3.8, 4) is 0 Å². The van der Waals surface area contributed by atoms with Crippen LogP contribution >= 0.6 is 0 Å². The fourth-order valence-electron chi connectivity index (χ4n) is 4.92. The van der Waals surface area contributed by atoms with Crippen LogP contribution < -0.4 is 4.90 Å². The van der Waals surface area contributed by atoms with Gasteiger partial charge < -0.3 is 9.80 Å². The van der Waals surface area contributed by atoms with E-state index in [0.29, 0.717) is 32.0 Å². The molecule has 4 heterocycles. The molecule has 2 saturated heterocycles. The van der Waals surface area contributed by atoms with Crippen molar-refractivity contribution in [2.45, 2.75) is 44.9 Å². The van der Waals surface area contributed by atoms with Gasteiger partial charge in [0.1, 0.15) is 5.82 Å². The number of rotatable bonds is 4. The number of benzene rings is 1. The lowest BCUT2D eigenvalue weighted by atomic mass is 9.94. The summed E-state index contributed by atoms with van der Waals surface area (Å²) in [6, 6.07) is 14.0. The molecule has 2 amide bonds. The van der Waals surface area contributed by atoms with E-state index in [9.17, 15) is 9.59 Å². The fourth-order valence-corrected chi connectivity index (χ4v) is 4.92. The van der Waals surface area contributed by atoms with Crippen LogP contribution in [0.25, 0.3) is 5.65 Å². The van der Waals surface area contributed by atoms with E-state index in [1.54, 1.807) is 4.90 Å². The minimum absolute atomic E-state index is 0.0328. The highest BCUT2D eigenvalue weighted by molar-refractivity contribution is 6.00. The summed E-state index contributed by atoms with van der Waals surface area (Å²) >= 11 is 0. The van der Waals surface area contributed by atoms with Crippen LogP contribution in [0.3, 0.4) is 0 Å². The molecular weight excluding hydrogens is 402 g/mol. The Morgan fingerprint density at radius 1 is 1.03 bits per heavy atom. The lowest BCUT2D eigenvalue weighted by molar-refractivity contribution is -0.136. The number of amides is 2. The summed E-state index contributed by atoms with van der Waals surface area (Å²) in [6.45, 7) is 6.16. The van der Waals surface area contributed by atoms with Crippen LogP contribution in [0.4, 0.5) is 5.69 Å². The van der Waals surface area contributed by atoms with Crippen LogP contribution in [0, 0.1) is 5.92 Å². The highest BCUT2D eigenvalue weighted by Crippen LogP contribution is 2.31. The molecule has 0 N–H and O–H groups in total. The molecule has 3 aromatic rings. The van der Waals surface area contributed by atoms with Crippen molar-refractivity contribution in [3.63, 3.8) is 0 Å². The van der Waals surface area contributed by atoms with Gasteiger partial charge in [-0.25, -0.2) is 0 Å². The molecule has 2 aliphatic heterocycles. The summed E-state index contributed by atoms with van der Waals surface area (Å²) in [5.41, 5.74) is 2.98. The molecule has 32 heavy (non-hydrogen) atoms. The molecule has 5 rings (SSSR count). The van der Waals surface area contributed by atoms with Gasteiger partial charge >= 0.3 is 0 Å². The van der Waals surface area contributed by atoms with Gasteiger partial charge in [-0.05, 0) is 48.6 Å². The summed E-state index contributed by atoms with van der Waals surface area (Å²) in [5.74, 6) is 1.58. The summed E-state index contributed by atoms with van der Waals surface area (Å²) in [5, 5.41) is 8.66. The average molecular weight is 432 g/mol. The molecule has 0 radical (unpaired) electrons. The molecule has 2 aromatic heterocycles. The second kappa shape index (κ2) is 8.37. The molecule has 7 heteroatoms. The zero-order valence-electron chi connectivity index (χ0n) is 18.6. The lowest BCUT2D eigenvalue weighted by Crippen LogP contribution is -2.42. The highest BCUT2D eigenvalue weighted by atomic mass is 16.2. The number of fused-ring (bicyclic) bond motifs is 1. The zero-order valence-corrected chi connectivity index (χ0v) is 18.6. The summed E-state index contributed by atoms with van der Waals surface area (Å²) in [7, 11) is 0. The third-order valence-electron chi connectivity index (χ3n) is 6.86. The van der Waals surface area contributed by atoms with E-state index in [-0.39, 0.29) is 23.7 Å². The van der Waals surface area contributed by atoms with Crippen LogP contribution in [0.15, 0.2) is 48.7 Å². The first-order valence-electron chi connectivity index (χ1n) is 11.5. The molecular formula is C25H29N5O2. The second-order valence-corrected chi connectivity index (χ2v) is 9.24. The number of pyridine rings is 1. The molecule has 0 aliphatic carbocycles. The zero-order chi connectivity index (χ0) is 22.2. The fraction of sp³-hybridized carbons (Fsp3) is 0.440. The van der Waals surface area contributed by atoms with E-state index in [1.165, 1.54) is 5.56 Å². The molecule has 2 fully saturated rings. The van der Waals surface area contributed by atoms with Crippen molar-refractivity contribution < 1.29 is 9.59 Å². The Morgan fingerprint density at radius 2 is 1.78 bits per heavy atom. The van der Waals surface area contributed by atoms with Crippen LogP contribution in [-0.2, 0) is 9.59 Å². The maximum atomic E-state index is 13.2. The van der Waals surface area contributed by atoms with Crippen molar-refractivity contribution in [2.24, 2.45) is 5.92 Å². The number of likely N-dealkylation sites (tertiary alicyclic amines) is 1. The summed E-state index contributed by atoms with van der Waals surface area (Å²) in [4.78, 5) is 29.5. The van der Waals surface area contributed by atoms with Gasteiger partial charge in [0.25, 0.3) is 0 Å². The van der Waals surface area contributed by atoms with Crippen LogP contribution in [-0.4, -0.2) is 50.9 Å². The van der Waals surface area contributed by atoms with Gasteiger partial charge in [0.2, 0.25) is 11.8 Å². The molecule has 0 bridgehead atoms. The summed E-state index contributed by atoms with van der Waals surface area (Å²) < 4.78 is 2.04. The van der Waals surface area contributed by atoms with Gasteiger partial charge in [0.05, 0.1) is 5.92 Å². The predicted molar refractivity (Wildman–Crippen MR) is 123 cm³/mol. The van der Waals surface area contributed by atoms with E-state index in [4.69, 9.17) is 0 Å². The summed E-state index contributed by atoms with van der Waals surface area (Å²) in [6.07, 6.45) is 4.01. The third kappa shape index (κ3) is 3.76. The van der Waals surface area contributed by atoms with Gasteiger partial charge in [-0.3, -0.25) is 14.0 Å². The maximum Gasteiger partial charge on any atom is 0.228 e. The quantitative estimate of drug-likeness (QED) is 0.633. The largest absolute Gasteiger partial charge is 0.342 e. The van der Waals surface area contributed by atoms with Gasteiger partial charge in [-0.1, -0.05) is 32.0 Å². The standard InChI is InChI=1S/C25H29N5O2/c1-17(2)18-6-8-21(9-7-18)30-16-20(15-23(30)31)25(32)28-13-10-19(11-14-28)24-27-26-22-5-3-4-12-29(22)24/h3-9,12,17,19-20H,10-11,13-16H2,1-2H3. The molecule has 0 saturated carbocycles.